The summed E-state index contributed by atoms with van der Waals surface area (Å²) in [5, 5.41) is 23.4. The van der Waals surface area contributed by atoms with Crippen LogP contribution in [-0.2, 0) is 12.3 Å². The van der Waals surface area contributed by atoms with Crippen molar-refractivity contribution in [3.05, 3.63) is 73.8 Å². The molecule has 3 aromatic rings. The monoisotopic (exact) mass is 451 g/mol. The molecule has 0 aliphatic heterocycles. The molecule has 0 aliphatic carbocycles. The summed E-state index contributed by atoms with van der Waals surface area (Å²) in [5.74, 6) is 0.107. The number of nitro benzene ring substituents is 1. The van der Waals surface area contributed by atoms with Crippen LogP contribution in [0.3, 0.4) is 0 Å². The molecule has 3 rings (SSSR count). The molecule has 1 N–H and O–H groups in total. The van der Waals surface area contributed by atoms with E-state index in [4.69, 9.17) is 23.2 Å². The van der Waals surface area contributed by atoms with Gasteiger partial charge in [-0.25, -0.2) is 0 Å². The van der Waals surface area contributed by atoms with Gasteiger partial charge in [0.05, 0.1) is 4.92 Å². The molecule has 0 unspecified atom stereocenters. The number of nitro groups is 1. The Balaban J connectivity index is 1.79. The molecular weight excluding hydrogens is 437 g/mol. The lowest BCUT2D eigenvalue weighted by atomic mass is 10.1. The second-order valence-electron chi connectivity index (χ2n) is 5.80. The number of nitrogens with zero attached hydrogens (tertiary/aromatic N) is 4. The zero-order valence-electron chi connectivity index (χ0n) is 15.1. The Kier molecular flexibility index (Phi) is 6.73. The summed E-state index contributed by atoms with van der Waals surface area (Å²) in [7, 11) is 0. The molecule has 0 saturated heterocycles. The average molecular weight is 452 g/mol. The zero-order valence-corrected chi connectivity index (χ0v) is 17.5. The first kappa shape index (κ1) is 21.1. The molecule has 0 radical (unpaired) electrons. The largest absolute Gasteiger partial charge is 0.290 e. The lowest BCUT2D eigenvalue weighted by Crippen LogP contribution is -2.17. The summed E-state index contributed by atoms with van der Waals surface area (Å²) in [6.45, 7) is 2.37. The van der Waals surface area contributed by atoms with Crippen LogP contribution >= 0.6 is 35.0 Å². The van der Waals surface area contributed by atoms with E-state index in [9.17, 15) is 14.9 Å². The molecule has 0 atom stereocenters. The van der Waals surface area contributed by atoms with Gasteiger partial charge in [-0.3, -0.25) is 24.8 Å². The van der Waals surface area contributed by atoms with Crippen molar-refractivity contribution in [2.45, 2.75) is 24.4 Å². The van der Waals surface area contributed by atoms with Gasteiger partial charge in [-0.1, -0.05) is 53.2 Å². The second-order valence-corrected chi connectivity index (χ2v) is 7.59. The number of rotatable bonds is 7. The van der Waals surface area contributed by atoms with Crippen LogP contribution < -0.4 is 5.32 Å². The Labute approximate surface area is 180 Å². The Morgan fingerprint density at radius 1 is 1.24 bits per heavy atom. The molecule has 0 fully saturated rings. The van der Waals surface area contributed by atoms with Crippen molar-refractivity contribution in [2.24, 2.45) is 0 Å². The first-order valence-electron chi connectivity index (χ1n) is 8.45. The molecule has 150 valence electrons. The minimum atomic E-state index is -0.668. The summed E-state index contributed by atoms with van der Waals surface area (Å²) in [5.41, 5.74) is 0.452. The van der Waals surface area contributed by atoms with Crippen molar-refractivity contribution < 1.29 is 9.72 Å². The number of benzene rings is 2. The fourth-order valence-corrected chi connectivity index (χ4v) is 4.00. The van der Waals surface area contributed by atoms with E-state index in [1.165, 1.54) is 23.9 Å². The van der Waals surface area contributed by atoms with Gasteiger partial charge < -0.3 is 0 Å². The van der Waals surface area contributed by atoms with Crippen molar-refractivity contribution >= 4 is 52.5 Å². The molecule has 0 bridgehead atoms. The van der Waals surface area contributed by atoms with Gasteiger partial charge in [0.2, 0.25) is 5.95 Å². The lowest BCUT2D eigenvalue weighted by molar-refractivity contribution is -0.385. The average Bonchev–Trinajstić information content (AvgIpc) is 3.08. The first-order chi connectivity index (χ1) is 13.9. The maximum atomic E-state index is 12.6. The number of nitrogens with one attached hydrogen (secondary N) is 1. The molecule has 2 aromatic carbocycles. The minimum Gasteiger partial charge on any atom is -0.290 e. The van der Waals surface area contributed by atoms with Gasteiger partial charge in [0.1, 0.15) is 5.56 Å². The van der Waals surface area contributed by atoms with Crippen LogP contribution in [0.15, 0.2) is 47.6 Å². The zero-order chi connectivity index (χ0) is 21.0. The van der Waals surface area contributed by atoms with E-state index < -0.39 is 10.8 Å². The predicted molar refractivity (Wildman–Crippen MR) is 113 cm³/mol. The maximum absolute atomic E-state index is 12.6. The Hall–Kier alpha value is -2.62. The van der Waals surface area contributed by atoms with Gasteiger partial charge in [-0.05, 0) is 30.7 Å². The van der Waals surface area contributed by atoms with Crippen molar-refractivity contribution in [1.82, 2.24) is 14.8 Å². The Morgan fingerprint density at radius 2 is 2.00 bits per heavy atom. The van der Waals surface area contributed by atoms with Crippen LogP contribution in [0, 0.1) is 10.1 Å². The highest BCUT2D eigenvalue weighted by molar-refractivity contribution is 7.98. The van der Waals surface area contributed by atoms with E-state index in [-0.39, 0.29) is 22.2 Å². The van der Waals surface area contributed by atoms with Gasteiger partial charge >= 0.3 is 0 Å². The molecule has 11 heteroatoms. The second kappa shape index (κ2) is 9.25. The van der Waals surface area contributed by atoms with Crippen molar-refractivity contribution in [1.29, 1.82) is 0 Å². The van der Waals surface area contributed by atoms with Crippen LogP contribution in [0.5, 0.6) is 0 Å². The van der Waals surface area contributed by atoms with Gasteiger partial charge in [0.25, 0.3) is 11.6 Å². The van der Waals surface area contributed by atoms with E-state index in [2.05, 4.69) is 15.5 Å². The molecular formula is C18H15Cl2N5O3S. The smallest absolute Gasteiger partial charge is 0.283 e. The van der Waals surface area contributed by atoms with E-state index in [1.54, 1.807) is 4.57 Å². The standard InChI is InChI=1S/C18H15Cl2N5O3S/c1-2-24-17(21-16(26)13-8-7-12(19)9-15(13)25(27)28)22-23-18(24)29-10-11-5-3-4-6-14(11)20/h3-9H,2,10H2,1H3,(H,21,22,26). The Bertz CT molecular complexity index is 1070. The lowest BCUT2D eigenvalue weighted by Gasteiger charge is -2.09. The number of hydrogen-bond donors (Lipinski definition) is 1. The number of aromatic nitrogens is 3. The topological polar surface area (TPSA) is 103 Å². The van der Waals surface area contributed by atoms with Crippen LogP contribution in [-0.4, -0.2) is 25.6 Å². The van der Waals surface area contributed by atoms with E-state index in [0.29, 0.717) is 22.5 Å². The quantitative estimate of drug-likeness (QED) is 0.306. The number of hydrogen-bond acceptors (Lipinski definition) is 6. The third-order valence-corrected chi connectivity index (χ3v) is 5.59. The number of carbonyl (C=O) groups is 1. The highest BCUT2D eigenvalue weighted by Crippen LogP contribution is 2.28. The molecule has 0 spiro atoms. The molecule has 8 nitrogen and oxygen atoms in total. The predicted octanol–water partition coefficient (Wildman–Crippen LogP) is 5.06. The van der Waals surface area contributed by atoms with E-state index in [1.807, 2.05) is 31.2 Å². The van der Waals surface area contributed by atoms with Crippen LogP contribution in [0.1, 0.15) is 22.8 Å². The maximum Gasteiger partial charge on any atom is 0.283 e. The van der Waals surface area contributed by atoms with Gasteiger partial charge in [-0.15, -0.1) is 10.2 Å². The summed E-state index contributed by atoms with van der Waals surface area (Å²) < 4.78 is 1.71. The van der Waals surface area contributed by atoms with Crippen molar-refractivity contribution in [2.75, 3.05) is 5.32 Å². The summed E-state index contributed by atoms with van der Waals surface area (Å²) in [4.78, 5) is 23.2. The highest BCUT2D eigenvalue weighted by Gasteiger charge is 2.23. The number of halogens is 2. The Morgan fingerprint density at radius 3 is 2.69 bits per heavy atom. The summed E-state index contributed by atoms with van der Waals surface area (Å²) in [6, 6.07) is 11.3. The molecule has 1 amide bonds. The minimum absolute atomic E-state index is 0.115. The molecule has 0 aliphatic rings. The fraction of sp³-hybridized carbons (Fsp3) is 0.167. The third kappa shape index (κ3) is 4.87. The van der Waals surface area contributed by atoms with Gasteiger partial charge in [0, 0.05) is 28.4 Å². The SMILES string of the molecule is CCn1c(NC(=O)c2ccc(Cl)cc2[N+](=O)[O-])nnc1SCc1ccccc1Cl. The number of amides is 1. The highest BCUT2D eigenvalue weighted by atomic mass is 35.5. The third-order valence-electron chi connectivity index (χ3n) is 3.97. The summed E-state index contributed by atoms with van der Waals surface area (Å²) in [6.07, 6.45) is 0. The molecule has 1 aromatic heterocycles. The number of anilines is 1. The van der Waals surface area contributed by atoms with Gasteiger partial charge in [0.15, 0.2) is 5.16 Å². The van der Waals surface area contributed by atoms with Crippen LogP contribution in [0.25, 0.3) is 0 Å². The fourth-order valence-electron chi connectivity index (χ4n) is 2.55. The van der Waals surface area contributed by atoms with Crippen molar-refractivity contribution in [3.8, 4) is 0 Å². The van der Waals surface area contributed by atoms with Gasteiger partial charge in [-0.2, -0.15) is 0 Å². The molecule has 1 heterocycles. The summed E-state index contributed by atoms with van der Waals surface area (Å²) >= 11 is 13.4. The normalized spacial score (nSPS) is 10.7. The first-order valence-corrected chi connectivity index (χ1v) is 10.2. The molecule has 0 saturated carbocycles. The van der Waals surface area contributed by atoms with Crippen LogP contribution in [0.2, 0.25) is 10.0 Å². The molecule has 29 heavy (non-hydrogen) atoms. The number of carbonyl (C=O) groups excluding carboxylic acids is 1. The number of thioether (sulfide) groups is 1. The van der Waals surface area contributed by atoms with Crippen LogP contribution in [0.4, 0.5) is 11.6 Å². The van der Waals surface area contributed by atoms with E-state index in [0.717, 1.165) is 11.6 Å². The van der Waals surface area contributed by atoms with E-state index >= 15 is 0 Å². The van der Waals surface area contributed by atoms with Crippen molar-refractivity contribution in [3.63, 3.8) is 0 Å².